The summed E-state index contributed by atoms with van der Waals surface area (Å²) in [6.45, 7) is 0.200. The van der Waals surface area contributed by atoms with E-state index in [0.717, 1.165) is 31.2 Å². The number of hydrogen-bond acceptors (Lipinski definition) is 3. The lowest BCUT2D eigenvalue weighted by atomic mass is 10.1. The van der Waals surface area contributed by atoms with Gasteiger partial charge in [-0.05, 0) is 48.7 Å². The van der Waals surface area contributed by atoms with Crippen LogP contribution in [-0.2, 0) is 16.6 Å². The molecule has 3 aromatic carbocycles. The molecule has 3 aromatic rings. The molecule has 1 aliphatic carbocycles. The zero-order chi connectivity index (χ0) is 23.1. The molecule has 33 heavy (non-hydrogen) atoms. The molecule has 1 amide bonds. The summed E-state index contributed by atoms with van der Waals surface area (Å²) in [5, 5.41) is 3.11. The highest BCUT2D eigenvalue weighted by atomic mass is 32.2. The molecule has 0 atom stereocenters. The number of rotatable bonds is 7. The van der Waals surface area contributed by atoms with Crippen LogP contribution >= 0.6 is 0 Å². The predicted molar refractivity (Wildman–Crippen MR) is 132 cm³/mol. The second-order valence-corrected chi connectivity index (χ2v) is 10.4. The maximum absolute atomic E-state index is 13.7. The molecule has 1 saturated carbocycles. The summed E-state index contributed by atoms with van der Waals surface area (Å²) in [6, 6.07) is 25.1. The first-order chi connectivity index (χ1) is 16.0. The SMILES string of the molecule is O=C(NC1CCCCCC1)c1cccc(S(=O)(=O)N(Cc2ccccc2)c2ccccc2)c1. The number of anilines is 1. The Morgan fingerprint density at radius 1 is 0.818 bits per heavy atom. The number of amides is 1. The molecular formula is C27H30N2O3S. The van der Waals surface area contributed by atoms with E-state index in [-0.39, 0.29) is 23.4 Å². The summed E-state index contributed by atoms with van der Waals surface area (Å²) < 4.78 is 28.9. The number of benzene rings is 3. The van der Waals surface area contributed by atoms with Gasteiger partial charge in [-0.2, -0.15) is 0 Å². The first-order valence-corrected chi connectivity index (χ1v) is 13.0. The fraction of sp³-hybridized carbons (Fsp3) is 0.296. The average Bonchev–Trinajstić information content (AvgIpc) is 3.12. The predicted octanol–water partition coefficient (Wildman–Crippen LogP) is 5.53. The number of nitrogens with one attached hydrogen (secondary N) is 1. The van der Waals surface area contributed by atoms with E-state index in [4.69, 9.17) is 0 Å². The molecule has 1 N–H and O–H groups in total. The summed E-state index contributed by atoms with van der Waals surface area (Å²) >= 11 is 0. The topological polar surface area (TPSA) is 66.5 Å². The Morgan fingerprint density at radius 3 is 2.12 bits per heavy atom. The van der Waals surface area contributed by atoms with Crippen molar-refractivity contribution in [3.63, 3.8) is 0 Å². The average molecular weight is 463 g/mol. The molecular weight excluding hydrogens is 432 g/mol. The van der Waals surface area contributed by atoms with Gasteiger partial charge in [0.15, 0.2) is 0 Å². The van der Waals surface area contributed by atoms with Crippen LogP contribution < -0.4 is 9.62 Å². The number of nitrogens with zero attached hydrogens (tertiary/aromatic N) is 1. The standard InChI is InChI=1S/C27H30N2O3S/c30-27(28-24-15-7-1-2-8-16-24)23-14-11-19-26(20-23)33(31,32)29(25-17-9-4-10-18-25)21-22-12-5-3-6-13-22/h3-6,9-14,17-20,24H,1-2,7-8,15-16,21H2,(H,28,30). The molecule has 0 radical (unpaired) electrons. The third-order valence-electron chi connectivity index (χ3n) is 6.09. The Hall–Kier alpha value is -3.12. The molecule has 0 unspecified atom stereocenters. The lowest BCUT2D eigenvalue weighted by molar-refractivity contribution is 0.0933. The van der Waals surface area contributed by atoms with E-state index < -0.39 is 10.0 Å². The van der Waals surface area contributed by atoms with E-state index >= 15 is 0 Å². The van der Waals surface area contributed by atoms with Gasteiger partial charge in [0.05, 0.1) is 17.1 Å². The van der Waals surface area contributed by atoms with E-state index in [2.05, 4.69) is 5.32 Å². The van der Waals surface area contributed by atoms with Gasteiger partial charge < -0.3 is 5.32 Å². The van der Waals surface area contributed by atoms with Crippen LogP contribution in [0.25, 0.3) is 0 Å². The minimum absolute atomic E-state index is 0.107. The molecule has 1 aliphatic rings. The van der Waals surface area contributed by atoms with E-state index in [1.807, 2.05) is 48.5 Å². The number of para-hydroxylation sites is 1. The van der Waals surface area contributed by atoms with E-state index in [9.17, 15) is 13.2 Å². The maximum atomic E-state index is 13.7. The molecule has 0 heterocycles. The van der Waals surface area contributed by atoms with Gasteiger partial charge in [0.2, 0.25) is 0 Å². The van der Waals surface area contributed by atoms with Gasteiger partial charge in [0, 0.05) is 11.6 Å². The van der Waals surface area contributed by atoms with Crippen LogP contribution in [0.2, 0.25) is 0 Å². The van der Waals surface area contributed by atoms with Crippen molar-refractivity contribution < 1.29 is 13.2 Å². The Morgan fingerprint density at radius 2 is 1.45 bits per heavy atom. The number of sulfonamides is 1. The van der Waals surface area contributed by atoms with Gasteiger partial charge >= 0.3 is 0 Å². The molecule has 6 heteroatoms. The molecule has 4 rings (SSSR count). The van der Waals surface area contributed by atoms with Crippen molar-refractivity contribution >= 4 is 21.6 Å². The smallest absolute Gasteiger partial charge is 0.264 e. The highest BCUT2D eigenvalue weighted by Crippen LogP contribution is 2.26. The number of carbonyl (C=O) groups excluding carboxylic acids is 1. The lowest BCUT2D eigenvalue weighted by Gasteiger charge is -2.25. The van der Waals surface area contributed by atoms with Crippen molar-refractivity contribution in [2.75, 3.05) is 4.31 Å². The maximum Gasteiger partial charge on any atom is 0.264 e. The molecule has 0 spiro atoms. The first-order valence-electron chi connectivity index (χ1n) is 11.6. The van der Waals surface area contributed by atoms with Crippen molar-refractivity contribution in [1.82, 2.24) is 5.32 Å². The van der Waals surface area contributed by atoms with Crippen LogP contribution in [0.1, 0.15) is 54.4 Å². The third kappa shape index (κ3) is 5.82. The third-order valence-corrected chi connectivity index (χ3v) is 7.86. The Labute approximate surface area is 196 Å². The summed E-state index contributed by atoms with van der Waals surface area (Å²) in [5.41, 5.74) is 1.83. The van der Waals surface area contributed by atoms with Crippen molar-refractivity contribution in [3.05, 3.63) is 96.1 Å². The highest BCUT2D eigenvalue weighted by Gasteiger charge is 2.26. The van der Waals surface area contributed by atoms with Crippen molar-refractivity contribution in [1.29, 1.82) is 0 Å². The van der Waals surface area contributed by atoms with Crippen LogP contribution in [-0.4, -0.2) is 20.4 Å². The van der Waals surface area contributed by atoms with E-state index in [1.54, 1.807) is 30.3 Å². The van der Waals surface area contributed by atoms with Crippen molar-refractivity contribution in [3.8, 4) is 0 Å². The van der Waals surface area contributed by atoms with Crippen LogP contribution in [0.5, 0.6) is 0 Å². The highest BCUT2D eigenvalue weighted by molar-refractivity contribution is 7.92. The van der Waals surface area contributed by atoms with Gasteiger partial charge in [-0.1, -0.05) is 80.3 Å². The minimum atomic E-state index is -3.89. The normalized spacial score (nSPS) is 14.9. The summed E-state index contributed by atoms with van der Waals surface area (Å²) in [5.74, 6) is -0.215. The zero-order valence-corrected chi connectivity index (χ0v) is 19.5. The Kier molecular flexibility index (Phi) is 7.45. The van der Waals surface area contributed by atoms with Crippen LogP contribution in [0.15, 0.2) is 89.8 Å². The van der Waals surface area contributed by atoms with Gasteiger partial charge in [0.25, 0.3) is 15.9 Å². The first kappa shape index (κ1) is 23.1. The second kappa shape index (κ2) is 10.7. The minimum Gasteiger partial charge on any atom is -0.349 e. The molecule has 0 aromatic heterocycles. The molecule has 172 valence electrons. The number of hydrogen-bond donors (Lipinski definition) is 1. The number of carbonyl (C=O) groups is 1. The van der Waals surface area contributed by atoms with Crippen molar-refractivity contribution in [2.45, 2.75) is 56.0 Å². The molecule has 0 bridgehead atoms. The summed E-state index contributed by atoms with van der Waals surface area (Å²) in [6.07, 6.45) is 6.59. The lowest BCUT2D eigenvalue weighted by Crippen LogP contribution is -2.34. The summed E-state index contributed by atoms with van der Waals surface area (Å²) in [7, 11) is -3.89. The zero-order valence-electron chi connectivity index (χ0n) is 18.7. The van der Waals surface area contributed by atoms with Crippen LogP contribution in [0.3, 0.4) is 0 Å². The van der Waals surface area contributed by atoms with Gasteiger partial charge in [-0.15, -0.1) is 0 Å². The fourth-order valence-corrected chi connectivity index (χ4v) is 5.78. The van der Waals surface area contributed by atoms with Gasteiger partial charge in [-0.3, -0.25) is 9.10 Å². The fourth-order valence-electron chi connectivity index (χ4n) is 4.28. The Balaban J connectivity index is 1.62. The van der Waals surface area contributed by atoms with Crippen molar-refractivity contribution in [2.24, 2.45) is 0 Å². The van der Waals surface area contributed by atoms with Gasteiger partial charge in [0.1, 0.15) is 0 Å². The molecule has 1 fully saturated rings. The van der Waals surface area contributed by atoms with Crippen LogP contribution in [0, 0.1) is 0 Å². The Bertz CT molecular complexity index is 1160. The van der Waals surface area contributed by atoms with E-state index in [1.165, 1.54) is 23.2 Å². The summed E-state index contributed by atoms with van der Waals surface area (Å²) in [4.78, 5) is 13.0. The molecule has 5 nitrogen and oxygen atoms in total. The van der Waals surface area contributed by atoms with Crippen LogP contribution in [0.4, 0.5) is 5.69 Å². The van der Waals surface area contributed by atoms with Gasteiger partial charge in [-0.25, -0.2) is 8.42 Å². The van der Waals surface area contributed by atoms with E-state index in [0.29, 0.717) is 11.3 Å². The quantitative estimate of drug-likeness (QED) is 0.469. The monoisotopic (exact) mass is 462 g/mol. The molecule has 0 aliphatic heterocycles. The molecule has 0 saturated heterocycles. The largest absolute Gasteiger partial charge is 0.349 e. The second-order valence-electron chi connectivity index (χ2n) is 8.52.